The molecule has 0 unspecified atom stereocenters. The van der Waals surface area contributed by atoms with Crippen LogP contribution in [0.25, 0.3) is 0 Å². The van der Waals surface area contributed by atoms with Gasteiger partial charge in [-0.3, -0.25) is 4.79 Å². The number of rotatable bonds is 6. The van der Waals surface area contributed by atoms with Crippen molar-refractivity contribution in [1.29, 1.82) is 0 Å². The van der Waals surface area contributed by atoms with Crippen LogP contribution in [0.2, 0.25) is 0 Å². The third-order valence-electron chi connectivity index (χ3n) is 3.48. The first kappa shape index (κ1) is 19.9. The van der Waals surface area contributed by atoms with Crippen molar-refractivity contribution in [2.75, 3.05) is 11.9 Å². The second-order valence-electron chi connectivity index (χ2n) is 7.00. The van der Waals surface area contributed by atoms with Crippen LogP contribution in [0, 0.1) is 0 Å². The van der Waals surface area contributed by atoms with Crippen molar-refractivity contribution < 1.29 is 13.2 Å². The molecule has 140 valence electrons. The molecule has 1 aromatic carbocycles. The fourth-order valence-electron chi connectivity index (χ4n) is 2.23. The Bertz CT molecular complexity index is 855. The number of anilines is 1. The van der Waals surface area contributed by atoms with E-state index in [9.17, 15) is 13.2 Å². The molecule has 8 heteroatoms. The minimum Gasteiger partial charge on any atom is -0.383 e. The maximum atomic E-state index is 12.0. The van der Waals surface area contributed by atoms with Crippen LogP contribution in [0.5, 0.6) is 0 Å². The van der Waals surface area contributed by atoms with Crippen molar-refractivity contribution >= 4 is 21.6 Å². The van der Waals surface area contributed by atoms with Gasteiger partial charge < -0.3 is 10.6 Å². The number of nitrogens with one attached hydrogen (secondary N) is 2. The van der Waals surface area contributed by atoms with E-state index in [1.807, 2.05) is 20.8 Å². The monoisotopic (exact) mass is 376 g/mol. The number of benzene rings is 1. The highest BCUT2D eigenvalue weighted by Gasteiger charge is 2.16. The quantitative estimate of drug-likeness (QED) is 0.712. The summed E-state index contributed by atoms with van der Waals surface area (Å²) in [6.45, 7) is 6.38. The number of hydrogen-bond donors (Lipinski definition) is 3. The van der Waals surface area contributed by atoms with Gasteiger partial charge in [-0.2, -0.15) is 0 Å². The van der Waals surface area contributed by atoms with E-state index in [1.165, 1.54) is 12.1 Å². The predicted molar refractivity (Wildman–Crippen MR) is 101 cm³/mol. The summed E-state index contributed by atoms with van der Waals surface area (Å²) >= 11 is 0. The fourth-order valence-corrected chi connectivity index (χ4v) is 2.75. The van der Waals surface area contributed by atoms with Crippen molar-refractivity contribution in [2.24, 2.45) is 5.14 Å². The van der Waals surface area contributed by atoms with E-state index in [2.05, 4.69) is 15.6 Å². The summed E-state index contributed by atoms with van der Waals surface area (Å²) in [5.41, 5.74) is 1.84. The molecule has 0 spiro atoms. The fraction of sp³-hybridized carbons (Fsp3) is 0.333. The first-order valence-electron chi connectivity index (χ1n) is 8.19. The average molecular weight is 376 g/mol. The van der Waals surface area contributed by atoms with E-state index in [1.54, 1.807) is 30.5 Å². The van der Waals surface area contributed by atoms with Crippen molar-refractivity contribution in [1.82, 2.24) is 10.3 Å². The molecular weight excluding hydrogens is 352 g/mol. The van der Waals surface area contributed by atoms with E-state index < -0.39 is 10.0 Å². The van der Waals surface area contributed by atoms with Gasteiger partial charge in [0.05, 0.1) is 16.8 Å². The van der Waals surface area contributed by atoms with E-state index >= 15 is 0 Å². The normalized spacial score (nSPS) is 11.8. The lowest BCUT2D eigenvalue weighted by atomic mass is 10.1. The Morgan fingerprint density at radius 3 is 2.27 bits per heavy atom. The maximum Gasteiger partial charge on any atom is 0.270 e. The number of amides is 1. The summed E-state index contributed by atoms with van der Waals surface area (Å²) in [6.07, 6.45) is 2.32. The molecule has 0 radical (unpaired) electrons. The summed E-state index contributed by atoms with van der Waals surface area (Å²) in [6, 6.07) is 9.93. The first-order chi connectivity index (χ1) is 12.0. The van der Waals surface area contributed by atoms with Gasteiger partial charge in [0.1, 0.15) is 5.69 Å². The van der Waals surface area contributed by atoms with Gasteiger partial charge in [-0.1, -0.05) is 12.1 Å². The second-order valence-corrected chi connectivity index (χ2v) is 8.56. The molecule has 0 bridgehead atoms. The number of carbonyl (C=O) groups is 1. The lowest BCUT2D eigenvalue weighted by molar-refractivity contribution is 0.0914. The number of pyridine rings is 1. The Morgan fingerprint density at radius 2 is 1.77 bits per heavy atom. The van der Waals surface area contributed by atoms with Gasteiger partial charge in [-0.25, -0.2) is 18.5 Å². The molecule has 7 nitrogen and oxygen atoms in total. The van der Waals surface area contributed by atoms with Gasteiger partial charge in [-0.05, 0) is 57.0 Å². The highest BCUT2D eigenvalue weighted by atomic mass is 32.2. The summed E-state index contributed by atoms with van der Waals surface area (Å²) < 4.78 is 22.5. The molecule has 0 atom stereocenters. The number of hydrogen-bond acceptors (Lipinski definition) is 5. The number of sulfonamides is 1. The Labute approximate surface area is 154 Å². The van der Waals surface area contributed by atoms with Crippen LogP contribution >= 0.6 is 0 Å². The zero-order valence-electron chi connectivity index (χ0n) is 15.1. The molecule has 2 aromatic rings. The smallest absolute Gasteiger partial charge is 0.270 e. The maximum absolute atomic E-state index is 12.0. The molecule has 0 aliphatic rings. The van der Waals surface area contributed by atoms with Gasteiger partial charge in [-0.15, -0.1) is 0 Å². The number of nitrogens with zero attached hydrogens (tertiary/aromatic N) is 1. The van der Waals surface area contributed by atoms with Crippen LogP contribution in [0.1, 0.15) is 36.8 Å². The first-order valence-corrected chi connectivity index (χ1v) is 9.73. The molecule has 0 aliphatic carbocycles. The summed E-state index contributed by atoms with van der Waals surface area (Å²) in [5.74, 6) is -0.209. The topological polar surface area (TPSA) is 114 Å². The van der Waals surface area contributed by atoms with Crippen molar-refractivity contribution in [3.8, 4) is 0 Å². The van der Waals surface area contributed by atoms with E-state index in [-0.39, 0.29) is 16.3 Å². The largest absolute Gasteiger partial charge is 0.383 e. The summed E-state index contributed by atoms with van der Waals surface area (Å²) in [7, 11) is -3.66. The third kappa shape index (κ3) is 6.12. The lowest BCUT2D eigenvalue weighted by Gasteiger charge is -2.20. The van der Waals surface area contributed by atoms with Crippen LogP contribution in [-0.4, -0.2) is 31.4 Å². The average Bonchev–Trinajstić information content (AvgIpc) is 2.53. The number of aromatic nitrogens is 1. The highest BCUT2D eigenvalue weighted by Crippen LogP contribution is 2.11. The molecule has 1 heterocycles. The molecule has 0 saturated carbocycles. The van der Waals surface area contributed by atoms with E-state index in [0.29, 0.717) is 18.7 Å². The van der Waals surface area contributed by atoms with E-state index in [4.69, 9.17) is 5.14 Å². The third-order valence-corrected chi connectivity index (χ3v) is 4.41. The molecule has 0 saturated heterocycles. The van der Waals surface area contributed by atoms with Crippen LogP contribution < -0.4 is 15.8 Å². The minimum absolute atomic E-state index is 0.0996. The van der Waals surface area contributed by atoms with Crippen molar-refractivity contribution in [2.45, 2.75) is 37.6 Å². The van der Waals surface area contributed by atoms with Crippen LogP contribution in [-0.2, 0) is 16.4 Å². The second kappa shape index (κ2) is 7.84. The summed E-state index contributed by atoms with van der Waals surface area (Å²) in [4.78, 5) is 16.3. The molecule has 0 aliphatic heterocycles. The van der Waals surface area contributed by atoms with Gasteiger partial charge >= 0.3 is 0 Å². The van der Waals surface area contributed by atoms with E-state index in [0.717, 1.165) is 11.3 Å². The summed E-state index contributed by atoms with van der Waals surface area (Å²) in [5, 5.41) is 11.2. The van der Waals surface area contributed by atoms with Crippen molar-refractivity contribution in [3.05, 3.63) is 53.9 Å². The zero-order valence-corrected chi connectivity index (χ0v) is 15.9. The SMILES string of the molecule is CC(C)(C)NC(=O)c1ccc(NCCc2ccc(S(N)(=O)=O)cc2)cn1. The van der Waals surface area contributed by atoms with Gasteiger partial charge in [0.25, 0.3) is 5.91 Å². The molecule has 26 heavy (non-hydrogen) atoms. The molecular formula is C18H24N4O3S. The zero-order chi connectivity index (χ0) is 19.4. The Morgan fingerprint density at radius 1 is 1.12 bits per heavy atom. The Hall–Kier alpha value is -2.45. The predicted octanol–water partition coefficient (Wildman–Crippen LogP) is 1.91. The highest BCUT2D eigenvalue weighted by molar-refractivity contribution is 7.89. The van der Waals surface area contributed by atoms with Crippen LogP contribution in [0.3, 0.4) is 0 Å². The molecule has 4 N–H and O–H groups in total. The van der Waals surface area contributed by atoms with Crippen LogP contribution in [0.4, 0.5) is 5.69 Å². The molecule has 2 rings (SSSR count). The molecule has 0 fully saturated rings. The van der Waals surface area contributed by atoms with Gasteiger partial charge in [0, 0.05) is 12.1 Å². The van der Waals surface area contributed by atoms with Crippen LogP contribution in [0.15, 0.2) is 47.5 Å². The molecule has 1 aromatic heterocycles. The number of nitrogens with two attached hydrogens (primary N) is 1. The van der Waals surface area contributed by atoms with Crippen molar-refractivity contribution in [3.63, 3.8) is 0 Å². The van der Waals surface area contributed by atoms with Gasteiger partial charge in [0.2, 0.25) is 10.0 Å². The Kier molecular flexibility index (Phi) is 5.99. The molecule has 1 amide bonds. The number of carbonyl (C=O) groups excluding carboxylic acids is 1. The number of primary sulfonamides is 1. The lowest BCUT2D eigenvalue weighted by Crippen LogP contribution is -2.40. The Balaban J connectivity index is 1.87. The standard InChI is InChI=1S/C18H24N4O3S/c1-18(2,3)22-17(23)16-9-6-14(12-21-16)20-11-10-13-4-7-15(8-5-13)26(19,24)25/h4-9,12,20H,10-11H2,1-3H3,(H,22,23)(H2,19,24,25). The minimum atomic E-state index is -3.66. The van der Waals surface area contributed by atoms with Gasteiger partial charge in [0.15, 0.2) is 0 Å².